The minimum absolute atomic E-state index is 0.0190. The van der Waals surface area contributed by atoms with Gasteiger partial charge in [-0.15, -0.1) is 0 Å². The van der Waals surface area contributed by atoms with Crippen molar-refractivity contribution in [1.29, 1.82) is 0 Å². The van der Waals surface area contributed by atoms with E-state index in [0.717, 1.165) is 25.8 Å². The van der Waals surface area contributed by atoms with E-state index in [4.69, 9.17) is 4.74 Å². The summed E-state index contributed by atoms with van der Waals surface area (Å²) in [6.45, 7) is 2.47. The van der Waals surface area contributed by atoms with Gasteiger partial charge in [0.25, 0.3) is 0 Å². The quantitative estimate of drug-likeness (QED) is 0.609. The fraction of sp³-hybridized carbons (Fsp3) is 0.909. The first-order valence-corrected chi connectivity index (χ1v) is 5.89. The summed E-state index contributed by atoms with van der Waals surface area (Å²) in [6.07, 6.45) is 3.06. The Hall–Kier alpha value is -0.650. The molecule has 1 unspecified atom stereocenters. The minimum atomic E-state index is 0.0190. The lowest BCUT2D eigenvalue weighted by molar-refractivity contribution is -0.134. The van der Waals surface area contributed by atoms with Crippen LogP contribution in [0.3, 0.4) is 0 Å². The number of rotatable bonds is 6. The van der Waals surface area contributed by atoms with E-state index in [1.165, 1.54) is 0 Å². The molecule has 1 rings (SSSR count). The van der Waals surface area contributed by atoms with Crippen LogP contribution in [0.25, 0.3) is 0 Å². The van der Waals surface area contributed by atoms with Crippen molar-refractivity contribution in [3.05, 3.63) is 0 Å². The zero-order valence-corrected chi connectivity index (χ0v) is 9.95. The number of carbonyl (C=O) groups excluding carboxylic acids is 1. The second-order valence-corrected chi connectivity index (χ2v) is 4.09. The first-order valence-electron chi connectivity index (χ1n) is 5.89. The zero-order chi connectivity index (χ0) is 11.8. The molecule has 1 aliphatic heterocycles. The number of likely N-dealkylation sites (tertiary alicyclic amines) is 1. The maximum atomic E-state index is 11.8. The topological polar surface area (TPSA) is 61.8 Å². The van der Waals surface area contributed by atoms with E-state index in [1.807, 2.05) is 0 Å². The Balaban J connectivity index is 2.27. The van der Waals surface area contributed by atoms with Gasteiger partial charge in [-0.05, 0) is 19.3 Å². The first-order chi connectivity index (χ1) is 7.79. The van der Waals surface area contributed by atoms with Crippen LogP contribution in [0.5, 0.6) is 0 Å². The summed E-state index contributed by atoms with van der Waals surface area (Å²) in [5.74, 6) is 0.0786. The lowest BCUT2D eigenvalue weighted by Gasteiger charge is -2.34. The summed E-state index contributed by atoms with van der Waals surface area (Å²) in [4.78, 5) is 13.6. The third-order valence-electron chi connectivity index (χ3n) is 2.92. The molecule has 0 aromatic carbocycles. The SMILES string of the molecule is COCCNCC(=O)N1CCCCC1CO. The Morgan fingerprint density at radius 3 is 3.06 bits per heavy atom. The number of nitrogens with one attached hydrogen (secondary N) is 1. The van der Waals surface area contributed by atoms with Crippen LogP contribution in [0.2, 0.25) is 0 Å². The molecule has 0 bridgehead atoms. The molecule has 1 atom stereocenters. The molecule has 1 heterocycles. The maximum Gasteiger partial charge on any atom is 0.236 e. The fourth-order valence-corrected chi connectivity index (χ4v) is 1.99. The Bertz CT molecular complexity index is 211. The van der Waals surface area contributed by atoms with E-state index >= 15 is 0 Å². The molecule has 1 amide bonds. The third kappa shape index (κ3) is 4.08. The minimum Gasteiger partial charge on any atom is -0.394 e. The number of piperidine rings is 1. The predicted octanol–water partition coefficient (Wildman–Crippen LogP) is -0.404. The van der Waals surface area contributed by atoms with Gasteiger partial charge in [0.05, 0.1) is 25.8 Å². The standard InChI is InChI=1S/C11H22N2O3/c1-16-7-5-12-8-11(15)13-6-3-2-4-10(13)9-14/h10,12,14H,2-9H2,1H3. The summed E-state index contributed by atoms with van der Waals surface area (Å²) in [6, 6.07) is 0.0190. The summed E-state index contributed by atoms with van der Waals surface area (Å²) >= 11 is 0. The molecule has 5 heteroatoms. The highest BCUT2D eigenvalue weighted by Gasteiger charge is 2.25. The molecule has 0 aliphatic carbocycles. The molecule has 0 spiro atoms. The summed E-state index contributed by atoms with van der Waals surface area (Å²) in [7, 11) is 1.63. The van der Waals surface area contributed by atoms with Gasteiger partial charge >= 0.3 is 0 Å². The van der Waals surface area contributed by atoms with E-state index in [1.54, 1.807) is 12.0 Å². The highest BCUT2D eigenvalue weighted by molar-refractivity contribution is 5.78. The van der Waals surface area contributed by atoms with Gasteiger partial charge in [-0.3, -0.25) is 4.79 Å². The summed E-state index contributed by atoms with van der Waals surface area (Å²) in [5, 5.41) is 12.2. The number of aliphatic hydroxyl groups excluding tert-OH is 1. The average Bonchev–Trinajstić information content (AvgIpc) is 2.34. The molecular formula is C11H22N2O3. The molecule has 0 aromatic heterocycles. The van der Waals surface area contributed by atoms with Gasteiger partial charge in [0.15, 0.2) is 0 Å². The Labute approximate surface area is 96.8 Å². The molecule has 94 valence electrons. The largest absolute Gasteiger partial charge is 0.394 e. The fourth-order valence-electron chi connectivity index (χ4n) is 1.99. The normalized spacial score (nSPS) is 21.1. The second kappa shape index (κ2) is 7.60. The number of hydrogen-bond acceptors (Lipinski definition) is 4. The van der Waals surface area contributed by atoms with Crippen LogP contribution in [-0.4, -0.2) is 61.9 Å². The smallest absolute Gasteiger partial charge is 0.236 e. The lowest BCUT2D eigenvalue weighted by Crippen LogP contribution is -2.49. The molecule has 1 aliphatic rings. The van der Waals surface area contributed by atoms with Crippen LogP contribution in [0, 0.1) is 0 Å². The predicted molar refractivity (Wildman–Crippen MR) is 61.2 cm³/mol. The number of nitrogens with zero attached hydrogens (tertiary/aromatic N) is 1. The Morgan fingerprint density at radius 1 is 1.56 bits per heavy atom. The first kappa shape index (κ1) is 13.4. The van der Waals surface area contributed by atoms with Crippen molar-refractivity contribution >= 4 is 5.91 Å². The summed E-state index contributed by atoms with van der Waals surface area (Å²) < 4.78 is 4.88. The molecule has 0 saturated carbocycles. The molecule has 16 heavy (non-hydrogen) atoms. The molecule has 0 radical (unpaired) electrons. The van der Waals surface area contributed by atoms with Gasteiger partial charge < -0.3 is 20.1 Å². The number of hydrogen-bond donors (Lipinski definition) is 2. The molecule has 2 N–H and O–H groups in total. The molecule has 1 saturated heterocycles. The van der Waals surface area contributed by atoms with Crippen molar-refractivity contribution in [2.75, 3.05) is 40.0 Å². The Kier molecular flexibility index (Phi) is 6.37. The van der Waals surface area contributed by atoms with E-state index in [2.05, 4.69) is 5.32 Å². The van der Waals surface area contributed by atoms with Crippen molar-refractivity contribution in [3.8, 4) is 0 Å². The van der Waals surface area contributed by atoms with E-state index < -0.39 is 0 Å². The van der Waals surface area contributed by atoms with Crippen molar-refractivity contribution in [2.24, 2.45) is 0 Å². The molecule has 0 aromatic rings. The highest BCUT2D eigenvalue weighted by Crippen LogP contribution is 2.16. The van der Waals surface area contributed by atoms with Crippen LogP contribution >= 0.6 is 0 Å². The monoisotopic (exact) mass is 230 g/mol. The van der Waals surface area contributed by atoms with E-state index in [9.17, 15) is 9.90 Å². The average molecular weight is 230 g/mol. The van der Waals surface area contributed by atoms with Crippen LogP contribution in [0.4, 0.5) is 0 Å². The number of carbonyl (C=O) groups is 1. The van der Waals surface area contributed by atoms with Crippen molar-refractivity contribution in [2.45, 2.75) is 25.3 Å². The number of methoxy groups -OCH3 is 1. The number of amides is 1. The van der Waals surface area contributed by atoms with Crippen LogP contribution < -0.4 is 5.32 Å². The van der Waals surface area contributed by atoms with Crippen LogP contribution in [-0.2, 0) is 9.53 Å². The lowest BCUT2D eigenvalue weighted by atomic mass is 10.0. The van der Waals surface area contributed by atoms with Gasteiger partial charge in [0.1, 0.15) is 0 Å². The van der Waals surface area contributed by atoms with Crippen LogP contribution in [0.1, 0.15) is 19.3 Å². The van der Waals surface area contributed by atoms with Gasteiger partial charge in [-0.25, -0.2) is 0 Å². The van der Waals surface area contributed by atoms with Crippen molar-refractivity contribution in [1.82, 2.24) is 10.2 Å². The van der Waals surface area contributed by atoms with E-state index in [0.29, 0.717) is 19.7 Å². The van der Waals surface area contributed by atoms with Crippen LogP contribution in [0.15, 0.2) is 0 Å². The van der Waals surface area contributed by atoms with Crippen molar-refractivity contribution in [3.63, 3.8) is 0 Å². The number of ether oxygens (including phenoxy) is 1. The third-order valence-corrected chi connectivity index (χ3v) is 2.92. The molecular weight excluding hydrogens is 208 g/mol. The van der Waals surface area contributed by atoms with Gasteiger partial charge in [-0.2, -0.15) is 0 Å². The highest BCUT2D eigenvalue weighted by atomic mass is 16.5. The van der Waals surface area contributed by atoms with Crippen molar-refractivity contribution < 1.29 is 14.6 Å². The van der Waals surface area contributed by atoms with Gasteiger partial charge in [-0.1, -0.05) is 0 Å². The Morgan fingerprint density at radius 2 is 2.38 bits per heavy atom. The zero-order valence-electron chi connectivity index (χ0n) is 9.95. The maximum absolute atomic E-state index is 11.8. The van der Waals surface area contributed by atoms with E-state index in [-0.39, 0.29) is 18.6 Å². The number of aliphatic hydroxyl groups is 1. The molecule has 1 fully saturated rings. The molecule has 5 nitrogen and oxygen atoms in total. The van der Waals surface area contributed by atoms with Gasteiger partial charge in [0, 0.05) is 20.2 Å². The summed E-state index contributed by atoms with van der Waals surface area (Å²) in [5.41, 5.74) is 0. The second-order valence-electron chi connectivity index (χ2n) is 4.09. The van der Waals surface area contributed by atoms with Gasteiger partial charge in [0.2, 0.25) is 5.91 Å².